The molecule has 10 heteroatoms. The van der Waals surface area contributed by atoms with Gasteiger partial charge in [0.2, 0.25) is 5.91 Å². The van der Waals surface area contributed by atoms with Crippen LogP contribution in [0.4, 0.5) is 15.8 Å². The van der Waals surface area contributed by atoms with E-state index < -0.39 is 35.6 Å². The van der Waals surface area contributed by atoms with Crippen LogP contribution in [-0.2, 0) is 14.4 Å². The number of anilines is 2. The first kappa shape index (κ1) is 18.1. The molecule has 28 heavy (non-hydrogen) atoms. The Morgan fingerprint density at radius 1 is 1.14 bits per heavy atom. The maximum absolute atomic E-state index is 12.9. The van der Waals surface area contributed by atoms with Crippen molar-refractivity contribution >= 4 is 40.7 Å². The summed E-state index contributed by atoms with van der Waals surface area (Å²) in [5, 5.41) is 11.8. The smallest absolute Gasteiger partial charge is 0.263 e. The van der Waals surface area contributed by atoms with E-state index in [-0.39, 0.29) is 6.54 Å². The summed E-state index contributed by atoms with van der Waals surface area (Å²) in [6.45, 7) is -0.287. The lowest BCUT2D eigenvalue weighted by atomic mass is 10.1. The minimum atomic E-state index is -1.01. The number of rotatable bonds is 4. The average molecular weight is 402 g/mol. The van der Waals surface area contributed by atoms with E-state index in [0.717, 1.165) is 4.90 Å². The van der Waals surface area contributed by atoms with Crippen LogP contribution >= 0.6 is 11.6 Å². The number of benzene rings is 2. The zero-order valence-electron chi connectivity index (χ0n) is 14.3. The highest BCUT2D eigenvalue weighted by molar-refractivity contribution is 6.31. The molecule has 142 valence electrons. The molecule has 2 aliphatic heterocycles. The van der Waals surface area contributed by atoms with Crippen molar-refractivity contribution < 1.29 is 18.8 Å². The second kappa shape index (κ2) is 7.01. The summed E-state index contributed by atoms with van der Waals surface area (Å²) < 4.78 is 12.9. The Morgan fingerprint density at radius 3 is 2.61 bits per heavy atom. The Morgan fingerprint density at radius 2 is 1.89 bits per heavy atom. The lowest BCUT2D eigenvalue weighted by molar-refractivity contribution is -0.123. The molecule has 2 atom stereocenters. The predicted molar refractivity (Wildman–Crippen MR) is 98.1 cm³/mol. The van der Waals surface area contributed by atoms with Crippen LogP contribution in [0.3, 0.4) is 0 Å². The van der Waals surface area contributed by atoms with E-state index in [1.807, 2.05) is 0 Å². The number of fused-ring (bicyclic) bond motifs is 1. The number of carbonyl (C=O) groups is 3. The maximum Gasteiger partial charge on any atom is 0.263 e. The first-order valence-electron chi connectivity index (χ1n) is 8.30. The monoisotopic (exact) mass is 401 g/mol. The molecule has 2 heterocycles. The number of hydrogen-bond donors (Lipinski definition) is 1. The summed E-state index contributed by atoms with van der Waals surface area (Å²) >= 11 is 5.95. The predicted octanol–water partition coefficient (Wildman–Crippen LogP) is 2.41. The Labute approximate surface area is 163 Å². The lowest BCUT2D eigenvalue weighted by Crippen LogP contribution is -2.43. The minimum Gasteiger partial charge on any atom is -0.324 e. The molecule has 2 aliphatic rings. The minimum absolute atomic E-state index is 0.287. The van der Waals surface area contributed by atoms with Crippen LogP contribution in [-0.4, -0.2) is 41.4 Å². The molecule has 0 radical (unpaired) electrons. The second-order valence-corrected chi connectivity index (χ2v) is 6.68. The molecule has 2 aromatic carbocycles. The van der Waals surface area contributed by atoms with Crippen LogP contribution < -0.4 is 10.2 Å². The molecule has 1 saturated heterocycles. The summed E-state index contributed by atoms with van der Waals surface area (Å²) in [7, 11) is 0. The topological polar surface area (TPSA) is 94.4 Å². The van der Waals surface area contributed by atoms with Crippen LogP contribution in [0.15, 0.2) is 58.9 Å². The van der Waals surface area contributed by atoms with Gasteiger partial charge in [-0.05, 0) is 42.5 Å². The molecule has 1 N–H and O–H groups in total. The normalized spacial score (nSPS) is 20.6. The van der Waals surface area contributed by atoms with Gasteiger partial charge in [-0.3, -0.25) is 19.4 Å². The van der Waals surface area contributed by atoms with Gasteiger partial charge in [-0.1, -0.05) is 22.9 Å². The van der Waals surface area contributed by atoms with Gasteiger partial charge in [0.1, 0.15) is 12.4 Å². The van der Waals surface area contributed by atoms with Crippen molar-refractivity contribution in [2.45, 2.75) is 12.1 Å². The van der Waals surface area contributed by atoms with Gasteiger partial charge in [0, 0.05) is 10.7 Å². The standard InChI is InChI=1S/C18H13ClFN5O3/c19-10-2-1-3-13(8-10)25-17(27)15-16(18(25)28)24(23-22-15)9-14(26)21-12-6-4-11(20)5-7-12/h1-8,15-16H,9H2,(H,21,26)/t15-,16-/m0/s1. The van der Waals surface area contributed by atoms with E-state index in [1.54, 1.807) is 18.2 Å². The zero-order valence-corrected chi connectivity index (χ0v) is 15.0. The van der Waals surface area contributed by atoms with Gasteiger partial charge in [-0.15, -0.1) is 0 Å². The average Bonchev–Trinajstić information content (AvgIpc) is 3.17. The van der Waals surface area contributed by atoms with Crippen LogP contribution in [0.1, 0.15) is 0 Å². The van der Waals surface area contributed by atoms with Crippen molar-refractivity contribution in [3.8, 4) is 0 Å². The molecular weight excluding hydrogens is 389 g/mol. The maximum atomic E-state index is 12.9. The van der Waals surface area contributed by atoms with Crippen molar-refractivity contribution in [3.05, 3.63) is 59.4 Å². The van der Waals surface area contributed by atoms with Gasteiger partial charge in [0.15, 0.2) is 12.1 Å². The summed E-state index contributed by atoms with van der Waals surface area (Å²) in [6.07, 6.45) is 0. The Hall–Kier alpha value is -3.33. The van der Waals surface area contributed by atoms with Crippen molar-refractivity contribution in [1.82, 2.24) is 5.01 Å². The highest BCUT2D eigenvalue weighted by atomic mass is 35.5. The fourth-order valence-electron chi connectivity index (χ4n) is 3.10. The van der Waals surface area contributed by atoms with Gasteiger partial charge in [-0.25, -0.2) is 9.29 Å². The third-order valence-corrected chi connectivity index (χ3v) is 4.59. The first-order chi connectivity index (χ1) is 13.4. The Kier molecular flexibility index (Phi) is 4.52. The van der Waals surface area contributed by atoms with Crippen LogP contribution in [0.25, 0.3) is 0 Å². The third kappa shape index (κ3) is 3.20. The van der Waals surface area contributed by atoms with Gasteiger partial charge >= 0.3 is 0 Å². The quantitative estimate of drug-likeness (QED) is 0.796. The lowest BCUT2D eigenvalue weighted by Gasteiger charge is -2.20. The van der Waals surface area contributed by atoms with E-state index in [4.69, 9.17) is 11.6 Å². The van der Waals surface area contributed by atoms with Gasteiger partial charge < -0.3 is 5.32 Å². The summed E-state index contributed by atoms with van der Waals surface area (Å²) in [6, 6.07) is 9.58. The molecule has 8 nitrogen and oxygen atoms in total. The molecule has 3 amide bonds. The van der Waals surface area contributed by atoms with Crippen LogP contribution in [0, 0.1) is 5.82 Å². The molecule has 0 saturated carbocycles. The van der Waals surface area contributed by atoms with Crippen LogP contribution in [0.2, 0.25) is 5.02 Å². The second-order valence-electron chi connectivity index (χ2n) is 6.24. The number of imide groups is 1. The van der Waals surface area contributed by atoms with E-state index in [1.165, 1.54) is 35.3 Å². The number of halogens is 2. The summed E-state index contributed by atoms with van der Waals surface area (Å²) in [5.74, 6) is -1.96. The number of carbonyl (C=O) groups excluding carboxylic acids is 3. The molecule has 0 spiro atoms. The molecule has 0 bridgehead atoms. The zero-order chi connectivity index (χ0) is 19.8. The number of nitrogens with zero attached hydrogens (tertiary/aromatic N) is 4. The van der Waals surface area contributed by atoms with Crippen molar-refractivity contribution in [1.29, 1.82) is 0 Å². The van der Waals surface area contributed by atoms with Crippen LogP contribution in [0.5, 0.6) is 0 Å². The highest BCUT2D eigenvalue weighted by Gasteiger charge is 2.55. The highest BCUT2D eigenvalue weighted by Crippen LogP contribution is 2.32. The van der Waals surface area contributed by atoms with Crippen molar-refractivity contribution in [2.24, 2.45) is 10.3 Å². The number of amides is 3. The fourth-order valence-corrected chi connectivity index (χ4v) is 3.29. The molecule has 4 rings (SSSR count). The molecule has 0 unspecified atom stereocenters. The van der Waals surface area contributed by atoms with Crippen molar-refractivity contribution in [2.75, 3.05) is 16.8 Å². The van der Waals surface area contributed by atoms with E-state index in [2.05, 4.69) is 15.7 Å². The Balaban J connectivity index is 1.49. The first-order valence-corrected chi connectivity index (χ1v) is 8.68. The molecule has 0 aromatic heterocycles. The van der Waals surface area contributed by atoms with Gasteiger partial charge in [0.25, 0.3) is 11.8 Å². The number of nitrogens with one attached hydrogen (secondary N) is 1. The molecule has 2 aromatic rings. The molecular formula is C18H13ClFN5O3. The summed E-state index contributed by atoms with van der Waals surface area (Å²) in [5.41, 5.74) is 0.733. The van der Waals surface area contributed by atoms with E-state index in [0.29, 0.717) is 16.4 Å². The summed E-state index contributed by atoms with van der Waals surface area (Å²) in [4.78, 5) is 38.7. The number of hydrogen-bond acceptors (Lipinski definition) is 6. The largest absolute Gasteiger partial charge is 0.324 e. The molecule has 1 fully saturated rings. The molecule has 0 aliphatic carbocycles. The fraction of sp³-hybridized carbons (Fsp3) is 0.167. The van der Waals surface area contributed by atoms with E-state index in [9.17, 15) is 18.8 Å². The van der Waals surface area contributed by atoms with Gasteiger partial charge in [-0.2, -0.15) is 5.11 Å². The third-order valence-electron chi connectivity index (χ3n) is 4.36. The van der Waals surface area contributed by atoms with Crippen molar-refractivity contribution in [3.63, 3.8) is 0 Å². The van der Waals surface area contributed by atoms with Gasteiger partial charge in [0.05, 0.1) is 5.69 Å². The SMILES string of the molecule is O=C(CN1N=N[C@@H]2C(=O)N(c3cccc(Cl)c3)C(=O)[C@H]21)Nc1ccc(F)cc1. The Bertz CT molecular complexity index is 997. The van der Waals surface area contributed by atoms with E-state index >= 15 is 0 Å².